The fourth-order valence-electron chi connectivity index (χ4n) is 4.87. The minimum Gasteiger partial charge on any atom is -0.496 e. The number of benzene rings is 2. The zero-order valence-corrected chi connectivity index (χ0v) is 23.8. The zero-order valence-electron chi connectivity index (χ0n) is 23.8. The maximum atomic E-state index is 14.8. The average Bonchev–Trinajstić information content (AvgIpc) is 2.93. The molecule has 8 heteroatoms. The van der Waals surface area contributed by atoms with Crippen LogP contribution in [-0.2, 0) is 15.9 Å². The van der Waals surface area contributed by atoms with Gasteiger partial charge >= 0.3 is 5.97 Å². The fraction of sp³-hybridized carbons (Fsp3) is 0.484. The Morgan fingerprint density at radius 2 is 1.95 bits per heavy atom. The highest BCUT2D eigenvalue weighted by Crippen LogP contribution is 2.31. The molecule has 1 aliphatic rings. The summed E-state index contributed by atoms with van der Waals surface area (Å²) in [5.74, 6) is -1.07. The lowest BCUT2D eigenvalue weighted by Gasteiger charge is -2.30. The number of methoxy groups -OCH3 is 1. The third-order valence-corrected chi connectivity index (χ3v) is 7.04. The molecule has 0 spiro atoms. The molecule has 7 nitrogen and oxygen atoms in total. The summed E-state index contributed by atoms with van der Waals surface area (Å²) in [7, 11) is 1.52. The smallest absolute Gasteiger partial charge is 0.341 e. The van der Waals surface area contributed by atoms with Crippen molar-refractivity contribution in [2.45, 2.75) is 72.6 Å². The predicted octanol–water partition coefficient (Wildman–Crippen LogP) is 6.51. The van der Waals surface area contributed by atoms with E-state index in [0.29, 0.717) is 34.6 Å². The SMILES string of the molecule is CC.COc1cc2c(cc1Cc1cccc(C)c1F)c(=O)c(C(=O)O)cn2[C@H](COC1CCCCO1)C(C)C. The van der Waals surface area contributed by atoms with Crippen LogP contribution in [0.25, 0.3) is 10.9 Å². The number of hydrogen-bond donors (Lipinski definition) is 1. The minimum atomic E-state index is -1.30. The molecule has 4 rings (SSSR count). The van der Waals surface area contributed by atoms with Crippen molar-refractivity contribution in [1.82, 2.24) is 4.57 Å². The van der Waals surface area contributed by atoms with Gasteiger partial charge in [-0.2, -0.15) is 0 Å². The summed E-state index contributed by atoms with van der Waals surface area (Å²) >= 11 is 0. The zero-order chi connectivity index (χ0) is 28.7. The number of pyridine rings is 1. The molecule has 1 saturated heterocycles. The molecular weight excluding hydrogens is 501 g/mol. The van der Waals surface area contributed by atoms with E-state index in [0.717, 1.165) is 19.3 Å². The second-order valence-electron chi connectivity index (χ2n) is 9.93. The summed E-state index contributed by atoms with van der Waals surface area (Å²) in [5, 5.41) is 10.1. The van der Waals surface area contributed by atoms with Crippen molar-refractivity contribution in [2.75, 3.05) is 20.3 Å². The molecule has 2 atom stereocenters. The lowest BCUT2D eigenvalue weighted by atomic mass is 9.97. The number of fused-ring (bicyclic) bond motifs is 1. The van der Waals surface area contributed by atoms with E-state index < -0.39 is 11.4 Å². The lowest BCUT2D eigenvalue weighted by Crippen LogP contribution is -2.30. The van der Waals surface area contributed by atoms with Gasteiger partial charge in [-0.05, 0) is 54.9 Å². The van der Waals surface area contributed by atoms with Crippen LogP contribution < -0.4 is 10.2 Å². The average molecular weight is 542 g/mol. The molecule has 0 amide bonds. The molecule has 0 aliphatic carbocycles. The number of halogens is 1. The molecule has 2 aromatic carbocycles. The first kappa shape index (κ1) is 30.3. The van der Waals surface area contributed by atoms with Gasteiger partial charge in [0.2, 0.25) is 5.43 Å². The Balaban J connectivity index is 0.00000205. The van der Waals surface area contributed by atoms with E-state index in [9.17, 15) is 19.1 Å². The Bertz CT molecular complexity index is 1340. The Labute approximate surface area is 229 Å². The largest absolute Gasteiger partial charge is 0.496 e. The van der Waals surface area contributed by atoms with E-state index in [4.69, 9.17) is 14.2 Å². The van der Waals surface area contributed by atoms with Gasteiger partial charge < -0.3 is 23.9 Å². The maximum absolute atomic E-state index is 14.8. The number of hydrogen-bond acceptors (Lipinski definition) is 5. The lowest BCUT2D eigenvalue weighted by molar-refractivity contribution is -0.169. The highest BCUT2D eigenvalue weighted by Gasteiger charge is 2.25. The van der Waals surface area contributed by atoms with Crippen molar-refractivity contribution in [1.29, 1.82) is 0 Å². The highest BCUT2D eigenvalue weighted by molar-refractivity contribution is 5.93. The van der Waals surface area contributed by atoms with Crippen LogP contribution in [0.5, 0.6) is 5.75 Å². The van der Waals surface area contributed by atoms with Gasteiger partial charge in [0.1, 0.15) is 17.1 Å². The molecule has 212 valence electrons. The van der Waals surface area contributed by atoms with E-state index in [1.165, 1.54) is 13.3 Å². The van der Waals surface area contributed by atoms with Crippen LogP contribution in [0.1, 0.15) is 80.0 Å². The molecule has 2 heterocycles. The van der Waals surface area contributed by atoms with Gasteiger partial charge in [0.25, 0.3) is 0 Å². The van der Waals surface area contributed by atoms with Crippen LogP contribution in [-0.4, -0.2) is 42.3 Å². The Morgan fingerprint density at radius 1 is 1.21 bits per heavy atom. The molecule has 0 saturated carbocycles. The number of rotatable bonds is 9. The van der Waals surface area contributed by atoms with Gasteiger partial charge in [0, 0.05) is 30.7 Å². The van der Waals surface area contributed by atoms with Crippen molar-refractivity contribution in [3.8, 4) is 5.75 Å². The first-order chi connectivity index (χ1) is 18.7. The van der Waals surface area contributed by atoms with Gasteiger partial charge in [-0.3, -0.25) is 4.79 Å². The normalized spacial score (nSPS) is 16.1. The van der Waals surface area contributed by atoms with Crippen LogP contribution in [0.3, 0.4) is 0 Å². The molecule has 0 radical (unpaired) electrons. The molecule has 1 N–H and O–H groups in total. The van der Waals surface area contributed by atoms with E-state index in [1.807, 2.05) is 27.7 Å². The van der Waals surface area contributed by atoms with Gasteiger partial charge in [0.05, 0.1) is 25.3 Å². The van der Waals surface area contributed by atoms with Crippen molar-refractivity contribution in [2.24, 2.45) is 5.92 Å². The number of nitrogens with zero attached hydrogens (tertiary/aromatic N) is 1. The number of ether oxygens (including phenoxy) is 3. The van der Waals surface area contributed by atoms with Gasteiger partial charge in [-0.1, -0.05) is 45.9 Å². The van der Waals surface area contributed by atoms with Crippen molar-refractivity contribution in [3.63, 3.8) is 0 Å². The van der Waals surface area contributed by atoms with E-state index in [1.54, 1.807) is 41.8 Å². The second-order valence-corrected chi connectivity index (χ2v) is 9.93. The molecule has 39 heavy (non-hydrogen) atoms. The van der Waals surface area contributed by atoms with Crippen LogP contribution in [0.4, 0.5) is 4.39 Å². The fourth-order valence-corrected chi connectivity index (χ4v) is 4.87. The molecule has 1 fully saturated rings. The molecular formula is C31H40FNO6. The summed E-state index contributed by atoms with van der Waals surface area (Å²) in [6.45, 7) is 10.7. The summed E-state index contributed by atoms with van der Waals surface area (Å²) < 4.78 is 34.0. The van der Waals surface area contributed by atoms with E-state index in [-0.39, 0.29) is 48.0 Å². The Morgan fingerprint density at radius 3 is 2.56 bits per heavy atom. The summed E-state index contributed by atoms with van der Waals surface area (Å²) in [4.78, 5) is 25.3. The molecule has 0 bridgehead atoms. The Hall–Kier alpha value is -3.23. The Kier molecular flexibility index (Phi) is 10.7. The number of aromatic nitrogens is 1. The van der Waals surface area contributed by atoms with Crippen molar-refractivity contribution < 1.29 is 28.5 Å². The number of carboxylic acids is 1. The van der Waals surface area contributed by atoms with Crippen LogP contribution in [0.2, 0.25) is 0 Å². The third kappa shape index (κ3) is 6.86. The topological polar surface area (TPSA) is 87.0 Å². The van der Waals surface area contributed by atoms with E-state index in [2.05, 4.69) is 0 Å². The predicted molar refractivity (Wildman–Crippen MR) is 150 cm³/mol. The standard InChI is InChI=1S/C29H34FNO6.C2H6/c1-17(2)24(16-37-26-10-5-6-11-36-26)31-15-22(29(33)34)28(32)21-13-20(25(35-4)14-23(21)31)12-19-9-7-8-18(3)27(19)30;1-2/h7-9,13-15,17,24,26H,5-6,10-12,16H2,1-4H3,(H,33,34);1-2H3/t24-,26?;/m1./s1. The van der Waals surface area contributed by atoms with Gasteiger partial charge in [-0.25, -0.2) is 9.18 Å². The second kappa shape index (κ2) is 13.7. The molecule has 1 aliphatic heterocycles. The summed E-state index contributed by atoms with van der Waals surface area (Å²) in [6.07, 6.45) is 4.13. The van der Waals surface area contributed by atoms with Crippen molar-refractivity contribution in [3.05, 3.63) is 74.8 Å². The highest BCUT2D eigenvalue weighted by atomic mass is 19.1. The number of aromatic carboxylic acids is 1. The van der Waals surface area contributed by atoms with Gasteiger partial charge in [-0.15, -0.1) is 0 Å². The third-order valence-electron chi connectivity index (χ3n) is 7.04. The van der Waals surface area contributed by atoms with Crippen LogP contribution >= 0.6 is 0 Å². The first-order valence-corrected chi connectivity index (χ1v) is 13.7. The summed E-state index contributed by atoms with van der Waals surface area (Å²) in [5.41, 5.74) is 1.20. The number of carbonyl (C=O) groups is 1. The first-order valence-electron chi connectivity index (χ1n) is 13.7. The minimum absolute atomic E-state index is 0.0583. The van der Waals surface area contributed by atoms with Crippen LogP contribution in [0, 0.1) is 18.7 Å². The quantitative estimate of drug-likeness (QED) is 0.332. The summed E-state index contributed by atoms with van der Waals surface area (Å²) in [6, 6.07) is 8.26. The van der Waals surface area contributed by atoms with Crippen molar-refractivity contribution >= 4 is 16.9 Å². The van der Waals surface area contributed by atoms with E-state index >= 15 is 0 Å². The molecule has 3 aromatic rings. The number of aryl methyl sites for hydroxylation is 1. The van der Waals surface area contributed by atoms with Crippen LogP contribution in [0.15, 0.2) is 41.3 Å². The van der Waals surface area contributed by atoms with Gasteiger partial charge in [0.15, 0.2) is 6.29 Å². The monoisotopic (exact) mass is 541 g/mol. The number of carboxylic acid groups (broad SMARTS) is 1. The molecule has 1 aromatic heterocycles. The maximum Gasteiger partial charge on any atom is 0.341 e. The molecule has 1 unspecified atom stereocenters.